The van der Waals surface area contributed by atoms with Crippen molar-refractivity contribution >= 4 is 98.0 Å². The summed E-state index contributed by atoms with van der Waals surface area (Å²) in [5.74, 6) is -7.84. The van der Waals surface area contributed by atoms with Crippen LogP contribution in [0.4, 0.5) is 26.3 Å². The van der Waals surface area contributed by atoms with Crippen LogP contribution in [-0.2, 0) is 0 Å². The van der Waals surface area contributed by atoms with Crippen LogP contribution in [0.5, 0.6) is 0 Å². The number of rotatable bonds is 0. The van der Waals surface area contributed by atoms with Gasteiger partial charge in [0.25, 0.3) is 11.1 Å². The van der Waals surface area contributed by atoms with Gasteiger partial charge < -0.3 is 0 Å². The van der Waals surface area contributed by atoms with Gasteiger partial charge in [-0.2, -0.15) is 0 Å². The van der Waals surface area contributed by atoms with Gasteiger partial charge in [0, 0.05) is 44.5 Å². The molecule has 0 saturated heterocycles. The molecule has 0 aliphatic rings. The number of hydrogen-bond donors (Lipinski definition) is 0. The van der Waals surface area contributed by atoms with E-state index in [1.165, 1.54) is 0 Å². The van der Waals surface area contributed by atoms with Crippen molar-refractivity contribution in [3.63, 3.8) is 0 Å². The molecule has 11 rings (SSSR count). The van der Waals surface area contributed by atoms with Crippen molar-refractivity contribution in [2.24, 2.45) is 0 Å². The van der Waals surface area contributed by atoms with Crippen LogP contribution >= 0.6 is 0 Å². The molecule has 12 heteroatoms. The van der Waals surface area contributed by atoms with Crippen molar-refractivity contribution in [1.82, 2.24) is 18.8 Å². The fourth-order valence-electron chi connectivity index (χ4n) is 7.92. The van der Waals surface area contributed by atoms with E-state index in [9.17, 15) is 27.2 Å². The van der Waals surface area contributed by atoms with Crippen molar-refractivity contribution < 1.29 is 26.3 Å². The number of fused-ring (bicyclic) bond motifs is 10. The molecule has 0 saturated carbocycles. The molecular formula is C36H10F6N4O2. The van der Waals surface area contributed by atoms with E-state index in [1.54, 1.807) is 48.5 Å². The largest absolute Gasteiger partial charge is 0.268 e. The molecule has 228 valence electrons. The normalized spacial score (nSPS) is 13.0. The number of imidazole rings is 2. The third-order valence-corrected chi connectivity index (χ3v) is 9.80. The molecule has 11 aromatic rings. The van der Waals surface area contributed by atoms with Crippen molar-refractivity contribution in [3.05, 3.63) is 116 Å². The third kappa shape index (κ3) is 2.65. The lowest BCUT2D eigenvalue weighted by Gasteiger charge is -2.18. The van der Waals surface area contributed by atoms with Crippen molar-refractivity contribution in [2.75, 3.05) is 0 Å². The zero-order valence-corrected chi connectivity index (χ0v) is 23.6. The lowest BCUT2D eigenvalue weighted by Crippen LogP contribution is -2.14. The topological polar surface area (TPSA) is 68.7 Å². The van der Waals surface area contributed by atoms with Gasteiger partial charge in [-0.25, -0.2) is 36.3 Å². The fourth-order valence-corrected chi connectivity index (χ4v) is 7.92. The average Bonchev–Trinajstić information content (AvgIpc) is 3.69. The smallest absolute Gasteiger partial charge is 0.264 e. The van der Waals surface area contributed by atoms with E-state index in [0.29, 0.717) is 66.0 Å². The maximum absolute atomic E-state index is 15.0. The first-order chi connectivity index (χ1) is 23.2. The van der Waals surface area contributed by atoms with Crippen LogP contribution in [0.2, 0.25) is 0 Å². The number of aromatic nitrogens is 4. The number of halogens is 6. The van der Waals surface area contributed by atoms with Crippen LogP contribution < -0.4 is 11.1 Å². The van der Waals surface area contributed by atoms with E-state index in [2.05, 4.69) is 9.97 Å². The van der Waals surface area contributed by atoms with Crippen molar-refractivity contribution in [1.29, 1.82) is 0 Å². The lowest BCUT2D eigenvalue weighted by molar-refractivity contribution is 0.504. The Hall–Kier alpha value is -6.30. The lowest BCUT2D eigenvalue weighted by atomic mass is 9.86. The van der Waals surface area contributed by atoms with Crippen LogP contribution in [0.15, 0.2) is 70.3 Å². The summed E-state index contributed by atoms with van der Waals surface area (Å²) in [6.45, 7) is 0. The Morgan fingerprint density at radius 1 is 0.417 bits per heavy atom. The van der Waals surface area contributed by atoms with E-state index in [0.717, 1.165) is 8.80 Å². The molecule has 0 aliphatic carbocycles. The first-order valence-electron chi connectivity index (χ1n) is 14.6. The monoisotopic (exact) mass is 644 g/mol. The summed E-state index contributed by atoms with van der Waals surface area (Å²) in [7, 11) is 0. The summed E-state index contributed by atoms with van der Waals surface area (Å²) in [6, 6.07) is 14.3. The van der Waals surface area contributed by atoms with Crippen LogP contribution in [0.3, 0.4) is 0 Å². The average molecular weight is 644 g/mol. The molecule has 6 nitrogen and oxygen atoms in total. The maximum Gasteiger partial charge on any atom is 0.264 e. The van der Waals surface area contributed by atoms with Gasteiger partial charge in [0.05, 0.1) is 0 Å². The highest BCUT2D eigenvalue weighted by molar-refractivity contribution is 6.40. The standard InChI is InChI=1S/C36H10F6N4O2/c37-19-9-21(39)31-29(27(19)41)43-33-15-5-1-11-12-2-6-16-26-18(36(48)46-32-22(40)10-20(38)28(42)30(32)44-34(16)46)8-4-14(24(12)26)13-3-7-17(25(15)23(11)13)35(47)45(31)33/h1-10H. The van der Waals surface area contributed by atoms with Gasteiger partial charge in [0.2, 0.25) is 0 Å². The number of benzene rings is 7. The highest BCUT2D eigenvalue weighted by Crippen LogP contribution is 2.46. The minimum Gasteiger partial charge on any atom is -0.268 e. The summed E-state index contributed by atoms with van der Waals surface area (Å²) in [5, 5.41) is 6.29. The molecule has 4 aromatic heterocycles. The second-order valence-corrected chi connectivity index (χ2v) is 12.0. The molecule has 0 atom stereocenters. The fraction of sp³-hybridized carbons (Fsp3) is 0. The Balaban J connectivity index is 1.36. The van der Waals surface area contributed by atoms with E-state index in [4.69, 9.17) is 0 Å². The van der Waals surface area contributed by atoms with Gasteiger partial charge in [-0.15, -0.1) is 0 Å². The van der Waals surface area contributed by atoms with Gasteiger partial charge in [0.1, 0.15) is 33.4 Å². The minimum absolute atomic E-state index is 0.0361. The Morgan fingerprint density at radius 3 is 1.10 bits per heavy atom. The summed E-state index contributed by atoms with van der Waals surface area (Å²) in [6.07, 6.45) is 0. The van der Waals surface area contributed by atoms with Crippen LogP contribution in [0.25, 0.3) is 98.0 Å². The molecule has 0 fully saturated rings. The second-order valence-electron chi connectivity index (χ2n) is 12.0. The Kier molecular flexibility index (Phi) is 4.29. The molecule has 0 radical (unpaired) electrons. The highest BCUT2D eigenvalue weighted by Gasteiger charge is 2.27. The molecule has 0 amide bonds. The van der Waals surface area contributed by atoms with Gasteiger partial charge >= 0.3 is 0 Å². The Morgan fingerprint density at radius 2 is 0.729 bits per heavy atom. The SMILES string of the molecule is O=c1c2ccc3c4ccc5c(=O)n6c(nc7c(F)c(F)cc(F)c76)c6ccc(c7ccc(c2c37)c2nc3c(F)c(F)cc(F)c3n12)c4c56. The van der Waals surface area contributed by atoms with Gasteiger partial charge in [-0.3, -0.25) is 18.4 Å². The first-order valence-corrected chi connectivity index (χ1v) is 14.6. The molecule has 48 heavy (non-hydrogen) atoms. The summed E-state index contributed by atoms with van der Waals surface area (Å²) < 4.78 is 89.9. The first kappa shape index (κ1) is 25.8. The van der Waals surface area contributed by atoms with Gasteiger partial charge in [-0.05, 0) is 56.6 Å². The summed E-state index contributed by atoms with van der Waals surface area (Å²) in [4.78, 5) is 36.3. The molecule has 0 spiro atoms. The van der Waals surface area contributed by atoms with E-state index >= 15 is 8.78 Å². The molecule has 0 aliphatic heterocycles. The Labute approximate surface area is 259 Å². The van der Waals surface area contributed by atoms with Crippen LogP contribution in [0, 0.1) is 34.9 Å². The zero-order valence-electron chi connectivity index (χ0n) is 23.6. The highest BCUT2D eigenvalue weighted by atomic mass is 19.2. The van der Waals surface area contributed by atoms with E-state index in [1.807, 2.05) is 0 Å². The van der Waals surface area contributed by atoms with Gasteiger partial charge in [0.15, 0.2) is 34.9 Å². The number of nitrogens with zero attached hydrogens (tertiary/aromatic N) is 4. The van der Waals surface area contributed by atoms with Crippen molar-refractivity contribution in [2.45, 2.75) is 0 Å². The molecule has 4 heterocycles. The molecule has 7 aromatic carbocycles. The Bertz CT molecular complexity index is 3220. The molecular weight excluding hydrogens is 634 g/mol. The summed E-state index contributed by atoms with van der Waals surface area (Å²) >= 11 is 0. The predicted molar refractivity (Wildman–Crippen MR) is 170 cm³/mol. The van der Waals surface area contributed by atoms with Crippen LogP contribution in [-0.4, -0.2) is 18.8 Å². The van der Waals surface area contributed by atoms with Gasteiger partial charge in [-0.1, -0.05) is 24.3 Å². The van der Waals surface area contributed by atoms with E-state index in [-0.39, 0.29) is 22.1 Å². The predicted octanol–water partition coefficient (Wildman–Crippen LogP) is 8.08. The minimum atomic E-state index is -1.43. The van der Waals surface area contributed by atoms with Crippen LogP contribution in [0.1, 0.15) is 0 Å². The third-order valence-electron chi connectivity index (χ3n) is 9.80. The van der Waals surface area contributed by atoms with Crippen molar-refractivity contribution in [3.8, 4) is 0 Å². The van der Waals surface area contributed by atoms with E-state index < -0.39 is 68.1 Å². The number of hydrogen-bond acceptors (Lipinski definition) is 4. The summed E-state index contributed by atoms with van der Waals surface area (Å²) in [5.41, 5.74) is -3.52. The molecule has 0 unspecified atom stereocenters. The maximum atomic E-state index is 15.0. The molecule has 0 N–H and O–H groups in total. The number of pyridine rings is 2. The zero-order chi connectivity index (χ0) is 32.7. The second kappa shape index (κ2) is 7.97. The molecule has 0 bridgehead atoms. The quantitative estimate of drug-likeness (QED) is 0.0725.